The lowest BCUT2D eigenvalue weighted by Crippen LogP contribution is -2.31. The van der Waals surface area contributed by atoms with Crippen LogP contribution in [0.3, 0.4) is 0 Å². The van der Waals surface area contributed by atoms with E-state index in [1.165, 1.54) is 0 Å². The third-order valence-electron chi connectivity index (χ3n) is 5.57. The number of benzene rings is 2. The van der Waals surface area contributed by atoms with Crippen LogP contribution in [0, 0.1) is 0 Å². The van der Waals surface area contributed by atoms with Crippen molar-refractivity contribution in [3.05, 3.63) is 94.9 Å². The third-order valence-corrected chi connectivity index (χ3v) is 5.90. The number of rotatable bonds is 5. The Morgan fingerprint density at radius 3 is 2.68 bits per heavy atom. The highest BCUT2D eigenvalue weighted by molar-refractivity contribution is 6.33. The molecular formula is C25H21ClN6O2. The van der Waals surface area contributed by atoms with Gasteiger partial charge in [0, 0.05) is 23.7 Å². The van der Waals surface area contributed by atoms with Gasteiger partial charge in [0.25, 0.3) is 5.91 Å². The fourth-order valence-electron chi connectivity index (χ4n) is 3.99. The molecular weight excluding hydrogens is 452 g/mol. The SMILES string of the molecule is COc1ccccc1NC(=O)C1=C(C)Nc2nc(-c3ccccc3Cl)nn2[C@H]1c1cccnc1. The minimum Gasteiger partial charge on any atom is -0.495 e. The van der Waals surface area contributed by atoms with E-state index in [0.717, 1.165) is 5.56 Å². The Hall–Kier alpha value is -4.17. The van der Waals surface area contributed by atoms with Gasteiger partial charge in [-0.25, -0.2) is 4.68 Å². The Balaban J connectivity index is 1.60. The maximum absolute atomic E-state index is 13.6. The Labute approximate surface area is 201 Å². The van der Waals surface area contributed by atoms with E-state index in [1.54, 1.807) is 42.4 Å². The zero-order valence-corrected chi connectivity index (χ0v) is 19.2. The van der Waals surface area contributed by atoms with Crippen LogP contribution in [0.1, 0.15) is 18.5 Å². The van der Waals surface area contributed by atoms with Crippen molar-refractivity contribution in [3.63, 3.8) is 0 Å². The fraction of sp³-hybridized carbons (Fsp3) is 0.120. The Bertz CT molecular complexity index is 1400. The number of ether oxygens (including phenoxy) is 1. The first-order chi connectivity index (χ1) is 16.6. The molecule has 0 saturated heterocycles. The van der Waals surface area contributed by atoms with Crippen molar-refractivity contribution >= 4 is 29.1 Å². The molecule has 0 spiro atoms. The van der Waals surface area contributed by atoms with Crippen LogP contribution in [-0.2, 0) is 4.79 Å². The van der Waals surface area contributed by atoms with Gasteiger partial charge in [-0.1, -0.05) is 41.9 Å². The molecule has 2 N–H and O–H groups in total. The maximum Gasteiger partial charge on any atom is 0.255 e. The van der Waals surface area contributed by atoms with Gasteiger partial charge >= 0.3 is 0 Å². The number of nitrogens with one attached hydrogen (secondary N) is 2. The van der Waals surface area contributed by atoms with Gasteiger partial charge in [-0.15, -0.1) is 5.10 Å². The van der Waals surface area contributed by atoms with Crippen LogP contribution >= 0.6 is 11.6 Å². The van der Waals surface area contributed by atoms with Crippen LogP contribution in [0.15, 0.2) is 84.3 Å². The largest absolute Gasteiger partial charge is 0.495 e. The second-order valence-corrected chi connectivity index (χ2v) is 8.10. The highest BCUT2D eigenvalue weighted by atomic mass is 35.5. The first-order valence-corrected chi connectivity index (χ1v) is 11.0. The predicted molar refractivity (Wildman–Crippen MR) is 131 cm³/mol. The highest BCUT2D eigenvalue weighted by Gasteiger charge is 2.35. The van der Waals surface area contributed by atoms with Gasteiger partial charge < -0.3 is 15.4 Å². The van der Waals surface area contributed by atoms with Crippen LogP contribution in [0.4, 0.5) is 11.6 Å². The third kappa shape index (κ3) is 3.88. The number of carbonyl (C=O) groups excluding carboxylic acids is 1. The van der Waals surface area contributed by atoms with Crippen LogP contribution in [0.25, 0.3) is 11.4 Å². The number of halogens is 1. The van der Waals surface area contributed by atoms with E-state index in [2.05, 4.69) is 20.6 Å². The van der Waals surface area contributed by atoms with Gasteiger partial charge in [-0.05, 0) is 42.8 Å². The molecule has 0 unspecified atom stereocenters. The van der Waals surface area contributed by atoms with E-state index in [0.29, 0.717) is 45.1 Å². The minimum atomic E-state index is -0.552. The number of methoxy groups -OCH3 is 1. The molecule has 1 aliphatic heterocycles. The first kappa shape index (κ1) is 21.7. The molecule has 8 nitrogen and oxygen atoms in total. The Morgan fingerprint density at radius 1 is 1.12 bits per heavy atom. The monoisotopic (exact) mass is 472 g/mol. The highest BCUT2D eigenvalue weighted by Crippen LogP contribution is 2.37. The van der Waals surface area contributed by atoms with Gasteiger partial charge in [-0.2, -0.15) is 4.98 Å². The number of para-hydroxylation sites is 2. The summed E-state index contributed by atoms with van der Waals surface area (Å²) in [5.41, 5.74) is 3.22. The normalized spacial score (nSPS) is 14.9. The summed E-state index contributed by atoms with van der Waals surface area (Å²) in [4.78, 5) is 22.5. The molecule has 1 amide bonds. The van der Waals surface area contributed by atoms with Crippen molar-refractivity contribution in [2.45, 2.75) is 13.0 Å². The van der Waals surface area contributed by atoms with E-state index in [4.69, 9.17) is 21.4 Å². The molecule has 1 aliphatic rings. The number of allylic oxidation sites excluding steroid dienone is 1. The molecule has 2 aromatic heterocycles. The minimum absolute atomic E-state index is 0.288. The summed E-state index contributed by atoms with van der Waals surface area (Å²) in [6.45, 7) is 1.84. The van der Waals surface area contributed by atoms with E-state index in [1.807, 2.05) is 49.4 Å². The van der Waals surface area contributed by atoms with E-state index in [-0.39, 0.29) is 5.91 Å². The fourth-order valence-corrected chi connectivity index (χ4v) is 4.21. The van der Waals surface area contributed by atoms with Crippen LogP contribution in [0.5, 0.6) is 5.75 Å². The summed E-state index contributed by atoms with van der Waals surface area (Å²) in [6.07, 6.45) is 3.41. The lowest BCUT2D eigenvalue weighted by molar-refractivity contribution is -0.113. The number of aromatic nitrogens is 4. The number of nitrogens with zero attached hydrogens (tertiary/aromatic N) is 4. The van der Waals surface area contributed by atoms with Gasteiger partial charge in [0.05, 0.1) is 23.4 Å². The number of hydrogen-bond acceptors (Lipinski definition) is 6. The van der Waals surface area contributed by atoms with Crippen LogP contribution < -0.4 is 15.4 Å². The number of amides is 1. The molecule has 0 saturated carbocycles. The molecule has 0 bridgehead atoms. The molecule has 0 radical (unpaired) electrons. The van der Waals surface area contributed by atoms with Crippen LogP contribution in [-0.4, -0.2) is 32.8 Å². The van der Waals surface area contributed by atoms with Crippen molar-refractivity contribution in [2.24, 2.45) is 0 Å². The Morgan fingerprint density at radius 2 is 1.91 bits per heavy atom. The topological polar surface area (TPSA) is 94.0 Å². The van der Waals surface area contributed by atoms with Crippen molar-refractivity contribution in [2.75, 3.05) is 17.7 Å². The molecule has 4 aromatic rings. The lowest BCUT2D eigenvalue weighted by atomic mass is 9.96. The molecule has 0 aliphatic carbocycles. The molecule has 34 heavy (non-hydrogen) atoms. The molecule has 2 aromatic carbocycles. The van der Waals surface area contributed by atoms with E-state index < -0.39 is 6.04 Å². The van der Waals surface area contributed by atoms with Crippen LogP contribution in [0.2, 0.25) is 5.02 Å². The molecule has 9 heteroatoms. The van der Waals surface area contributed by atoms with Gasteiger partial charge in [0.2, 0.25) is 5.95 Å². The van der Waals surface area contributed by atoms with E-state index >= 15 is 0 Å². The smallest absolute Gasteiger partial charge is 0.255 e. The second kappa shape index (κ2) is 8.99. The standard InChI is InChI=1S/C25H21ClN6O2/c1-15-21(24(33)29-19-11-5-6-12-20(19)34-2)22(16-8-7-13-27-14-16)32-25(28-15)30-23(31-32)17-9-3-4-10-18(17)26/h3-14,22H,1-2H3,(H,29,33)(H,28,30,31)/t22-/m0/s1. The number of hydrogen-bond donors (Lipinski definition) is 2. The maximum atomic E-state index is 13.6. The average molecular weight is 473 g/mol. The van der Waals surface area contributed by atoms with Gasteiger partial charge in [-0.3, -0.25) is 9.78 Å². The summed E-state index contributed by atoms with van der Waals surface area (Å²) in [7, 11) is 1.56. The number of anilines is 2. The van der Waals surface area contributed by atoms with Gasteiger partial charge in [0.1, 0.15) is 11.8 Å². The number of fused-ring (bicyclic) bond motifs is 1. The summed E-state index contributed by atoms with van der Waals surface area (Å²) in [5.74, 6) is 1.25. The molecule has 5 rings (SSSR count). The summed E-state index contributed by atoms with van der Waals surface area (Å²) in [5, 5.41) is 11.5. The second-order valence-electron chi connectivity index (χ2n) is 7.69. The van der Waals surface area contributed by atoms with Crippen molar-refractivity contribution in [1.82, 2.24) is 19.7 Å². The molecule has 1 atom stereocenters. The van der Waals surface area contributed by atoms with Crippen molar-refractivity contribution in [3.8, 4) is 17.1 Å². The van der Waals surface area contributed by atoms with Gasteiger partial charge in [0.15, 0.2) is 5.82 Å². The lowest BCUT2D eigenvalue weighted by Gasteiger charge is -2.28. The molecule has 3 heterocycles. The van der Waals surface area contributed by atoms with Crippen molar-refractivity contribution < 1.29 is 9.53 Å². The summed E-state index contributed by atoms with van der Waals surface area (Å²) < 4.78 is 7.09. The average Bonchev–Trinajstić information content (AvgIpc) is 3.27. The van der Waals surface area contributed by atoms with E-state index in [9.17, 15) is 4.79 Å². The summed E-state index contributed by atoms with van der Waals surface area (Å²) in [6, 6.07) is 17.8. The summed E-state index contributed by atoms with van der Waals surface area (Å²) >= 11 is 6.40. The zero-order chi connectivity index (χ0) is 23.7. The predicted octanol–water partition coefficient (Wildman–Crippen LogP) is 4.93. The zero-order valence-electron chi connectivity index (χ0n) is 18.5. The Kier molecular flexibility index (Phi) is 5.73. The van der Waals surface area contributed by atoms with Crippen molar-refractivity contribution in [1.29, 1.82) is 0 Å². The molecule has 0 fully saturated rings. The number of carbonyl (C=O) groups is 1. The quantitative estimate of drug-likeness (QED) is 0.427. The molecule has 170 valence electrons. The number of pyridine rings is 1. The first-order valence-electron chi connectivity index (χ1n) is 10.6.